The normalized spacial score (nSPS) is 11.1. The lowest BCUT2D eigenvalue weighted by Gasteiger charge is -2.14. The average molecular weight is 370 g/mol. The second-order valence-electron chi connectivity index (χ2n) is 6.15. The van der Waals surface area contributed by atoms with Gasteiger partial charge in [0.15, 0.2) is 0 Å². The van der Waals surface area contributed by atoms with Crippen molar-refractivity contribution in [1.82, 2.24) is 10.3 Å². The highest BCUT2D eigenvalue weighted by Gasteiger charge is 2.15. The Labute approximate surface area is 162 Å². The zero-order chi connectivity index (χ0) is 19.9. The molecule has 0 saturated heterocycles. The first-order valence-corrected chi connectivity index (χ1v) is 8.71. The second-order valence-corrected chi connectivity index (χ2v) is 6.15. The summed E-state index contributed by atoms with van der Waals surface area (Å²) in [5.41, 5.74) is 2.16. The molecule has 0 saturated carbocycles. The molecule has 0 fully saturated rings. The maximum atomic E-state index is 12.5. The van der Waals surface area contributed by atoms with Gasteiger partial charge in [0, 0.05) is 11.8 Å². The number of para-hydroxylation sites is 1. The molecule has 1 aromatic heterocycles. The number of nitrogens with one attached hydrogen (secondary N) is 2. The van der Waals surface area contributed by atoms with Gasteiger partial charge < -0.3 is 10.6 Å². The highest BCUT2D eigenvalue weighted by atomic mass is 16.2. The van der Waals surface area contributed by atoms with Crippen LogP contribution in [0.15, 0.2) is 72.9 Å². The van der Waals surface area contributed by atoms with E-state index < -0.39 is 5.91 Å². The molecule has 28 heavy (non-hydrogen) atoms. The Bertz CT molecular complexity index is 1040. The van der Waals surface area contributed by atoms with Crippen LogP contribution in [0.25, 0.3) is 0 Å². The van der Waals surface area contributed by atoms with Gasteiger partial charge in [0.05, 0.1) is 17.3 Å². The van der Waals surface area contributed by atoms with E-state index in [1.807, 2.05) is 43.3 Å². The minimum Gasteiger partial charge on any atom is -0.344 e. The number of nitrogens with zero attached hydrogens (tertiary/aromatic N) is 2. The molecule has 1 atom stereocenters. The number of rotatable bonds is 5. The Morgan fingerprint density at radius 3 is 2.46 bits per heavy atom. The fourth-order valence-electron chi connectivity index (χ4n) is 2.68. The summed E-state index contributed by atoms with van der Waals surface area (Å²) in [6.45, 7) is 1.88. The molecule has 2 N–H and O–H groups in total. The van der Waals surface area contributed by atoms with Gasteiger partial charge in [-0.2, -0.15) is 5.26 Å². The van der Waals surface area contributed by atoms with Gasteiger partial charge in [-0.25, -0.2) is 0 Å². The molecule has 6 nitrogen and oxygen atoms in total. The number of anilines is 1. The van der Waals surface area contributed by atoms with E-state index in [1.54, 1.807) is 24.3 Å². The molecule has 3 rings (SSSR count). The Morgan fingerprint density at radius 2 is 1.71 bits per heavy atom. The van der Waals surface area contributed by atoms with Crippen molar-refractivity contribution in [3.05, 3.63) is 95.3 Å². The van der Waals surface area contributed by atoms with Gasteiger partial charge in [-0.15, -0.1) is 0 Å². The van der Waals surface area contributed by atoms with E-state index in [4.69, 9.17) is 5.26 Å². The third kappa shape index (κ3) is 4.40. The van der Waals surface area contributed by atoms with Crippen LogP contribution in [-0.2, 0) is 0 Å². The number of carbonyl (C=O) groups is 2. The number of nitriles is 1. The number of hydrogen-bond acceptors (Lipinski definition) is 4. The monoisotopic (exact) mass is 370 g/mol. The number of pyridine rings is 1. The Morgan fingerprint density at radius 1 is 1.00 bits per heavy atom. The topological polar surface area (TPSA) is 94.9 Å². The molecular formula is C22H18N4O2. The van der Waals surface area contributed by atoms with Gasteiger partial charge in [0.2, 0.25) is 0 Å². The minimum atomic E-state index is -0.421. The van der Waals surface area contributed by atoms with Crippen LogP contribution in [-0.4, -0.2) is 16.8 Å². The van der Waals surface area contributed by atoms with Gasteiger partial charge in [-0.1, -0.05) is 42.5 Å². The number of carbonyl (C=O) groups excluding carboxylic acids is 2. The lowest BCUT2D eigenvalue weighted by Crippen LogP contribution is -2.27. The lowest BCUT2D eigenvalue weighted by atomic mass is 10.1. The van der Waals surface area contributed by atoms with E-state index in [-0.39, 0.29) is 23.2 Å². The molecule has 0 bridgehead atoms. The number of benzene rings is 2. The highest BCUT2D eigenvalue weighted by molar-refractivity contribution is 6.06. The summed E-state index contributed by atoms with van der Waals surface area (Å²) in [6.07, 6.45) is 1.41. The standard InChI is InChI=1S/C22H18N4O2/c1-15(16-7-3-2-4-8-16)25-22(28)20-13-17(11-12-24-20)21(27)26-19-10-6-5-9-18(19)14-23/h2-13,15H,1H3,(H,25,28)(H,26,27). The fraction of sp³-hybridized carbons (Fsp3) is 0.0909. The largest absolute Gasteiger partial charge is 0.344 e. The van der Waals surface area contributed by atoms with Crippen LogP contribution in [0.1, 0.15) is 44.9 Å². The van der Waals surface area contributed by atoms with Crippen LogP contribution in [0.2, 0.25) is 0 Å². The second kappa shape index (κ2) is 8.60. The summed E-state index contributed by atoms with van der Waals surface area (Å²) >= 11 is 0. The predicted octanol–water partition coefficient (Wildman–Crippen LogP) is 3.70. The van der Waals surface area contributed by atoms with E-state index >= 15 is 0 Å². The van der Waals surface area contributed by atoms with Gasteiger partial charge in [-0.05, 0) is 36.8 Å². The van der Waals surface area contributed by atoms with Crippen molar-refractivity contribution in [1.29, 1.82) is 5.26 Å². The Balaban J connectivity index is 1.73. The van der Waals surface area contributed by atoms with Gasteiger partial charge in [0.1, 0.15) is 11.8 Å². The predicted molar refractivity (Wildman–Crippen MR) is 106 cm³/mol. The average Bonchev–Trinajstić information content (AvgIpc) is 2.74. The van der Waals surface area contributed by atoms with E-state index in [1.165, 1.54) is 18.3 Å². The van der Waals surface area contributed by atoms with Crippen molar-refractivity contribution in [2.24, 2.45) is 0 Å². The summed E-state index contributed by atoms with van der Waals surface area (Å²) in [7, 11) is 0. The number of aromatic nitrogens is 1. The third-order valence-electron chi connectivity index (χ3n) is 4.20. The van der Waals surface area contributed by atoms with E-state index in [2.05, 4.69) is 15.6 Å². The molecule has 2 aromatic carbocycles. The molecule has 0 spiro atoms. The zero-order valence-electron chi connectivity index (χ0n) is 15.2. The molecule has 3 aromatic rings. The summed E-state index contributed by atoms with van der Waals surface area (Å²) < 4.78 is 0. The molecule has 0 radical (unpaired) electrons. The van der Waals surface area contributed by atoms with Gasteiger partial charge in [-0.3, -0.25) is 14.6 Å². The van der Waals surface area contributed by atoms with Crippen molar-refractivity contribution >= 4 is 17.5 Å². The van der Waals surface area contributed by atoms with Crippen molar-refractivity contribution in [2.75, 3.05) is 5.32 Å². The molecule has 6 heteroatoms. The van der Waals surface area contributed by atoms with Gasteiger partial charge >= 0.3 is 0 Å². The molecule has 138 valence electrons. The van der Waals surface area contributed by atoms with Crippen molar-refractivity contribution in [3.63, 3.8) is 0 Å². The van der Waals surface area contributed by atoms with E-state index in [0.29, 0.717) is 11.3 Å². The smallest absolute Gasteiger partial charge is 0.270 e. The quantitative estimate of drug-likeness (QED) is 0.716. The maximum Gasteiger partial charge on any atom is 0.270 e. The van der Waals surface area contributed by atoms with E-state index in [0.717, 1.165) is 5.56 Å². The minimum absolute atomic E-state index is 0.143. The Hall–Kier alpha value is -3.98. The summed E-state index contributed by atoms with van der Waals surface area (Å²) in [4.78, 5) is 29.1. The molecule has 0 aliphatic carbocycles. The first-order valence-electron chi connectivity index (χ1n) is 8.71. The first kappa shape index (κ1) is 18.8. The summed E-state index contributed by atoms with van der Waals surface area (Å²) in [5, 5.41) is 14.7. The summed E-state index contributed by atoms with van der Waals surface area (Å²) in [6, 6.07) is 21.0. The fourth-order valence-corrected chi connectivity index (χ4v) is 2.68. The molecular weight excluding hydrogens is 352 g/mol. The lowest BCUT2D eigenvalue weighted by molar-refractivity contribution is 0.0935. The van der Waals surface area contributed by atoms with Crippen LogP contribution in [0, 0.1) is 11.3 Å². The number of amides is 2. The molecule has 0 aliphatic rings. The first-order chi connectivity index (χ1) is 13.6. The van der Waals surface area contributed by atoms with Crippen LogP contribution in [0.4, 0.5) is 5.69 Å². The molecule has 1 unspecified atom stereocenters. The molecule has 1 heterocycles. The third-order valence-corrected chi connectivity index (χ3v) is 4.20. The van der Waals surface area contributed by atoms with Crippen molar-refractivity contribution in [2.45, 2.75) is 13.0 Å². The number of hydrogen-bond donors (Lipinski definition) is 2. The zero-order valence-corrected chi connectivity index (χ0v) is 15.2. The molecule has 0 aliphatic heterocycles. The van der Waals surface area contributed by atoms with E-state index in [9.17, 15) is 9.59 Å². The van der Waals surface area contributed by atoms with Crippen LogP contribution < -0.4 is 10.6 Å². The van der Waals surface area contributed by atoms with Crippen LogP contribution >= 0.6 is 0 Å². The SMILES string of the molecule is CC(NC(=O)c1cc(C(=O)Nc2ccccc2C#N)ccn1)c1ccccc1. The highest BCUT2D eigenvalue weighted by Crippen LogP contribution is 2.16. The van der Waals surface area contributed by atoms with Crippen molar-refractivity contribution in [3.8, 4) is 6.07 Å². The summed E-state index contributed by atoms with van der Waals surface area (Å²) in [5.74, 6) is -0.793. The van der Waals surface area contributed by atoms with Crippen molar-refractivity contribution < 1.29 is 9.59 Å². The Kier molecular flexibility index (Phi) is 5.78. The van der Waals surface area contributed by atoms with Gasteiger partial charge in [0.25, 0.3) is 11.8 Å². The maximum absolute atomic E-state index is 12.5. The molecule has 2 amide bonds. The van der Waals surface area contributed by atoms with Crippen LogP contribution in [0.3, 0.4) is 0 Å². The van der Waals surface area contributed by atoms with Crippen LogP contribution in [0.5, 0.6) is 0 Å².